The number of benzene rings is 3. The second kappa shape index (κ2) is 14.1. The van der Waals surface area contributed by atoms with Gasteiger partial charge >= 0.3 is 0 Å². The van der Waals surface area contributed by atoms with Crippen molar-refractivity contribution in [1.29, 1.82) is 0 Å². The number of hydrogen-bond donors (Lipinski definition) is 1. The van der Waals surface area contributed by atoms with Crippen molar-refractivity contribution in [3.05, 3.63) is 88.9 Å². The van der Waals surface area contributed by atoms with E-state index >= 15 is 0 Å². The fraction of sp³-hybridized carbons (Fsp3) is 0.375. The summed E-state index contributed by atoms with van der Waals surface area (Å²) in [5.74, 6) is -0.357. The van der Waals surface area contributed by atoms with Crippen molar-refractivity contribution in [3.63, 3.8) is 0 Å². The molecule has 0 heterocycles. The molecule has 0 spiro atoms. The molecule has 1 unspecified atom stereocenters. The van der Waals surface area contributed by atoms with Crippen molar-refractivity contribution >= 4 is 39.1 Å². The summed E-state index contributed by atoms with van der Waals surface area (Å²) >= 11 is 6.39. The molecule has 1 saturated carbocycles. The Balaban J connectivity index is 1.72. The molecular formula is C32H38ClN3O5S. The Morgan fingerprint density at radius 1 is 1.02 bits per heavy atom. The Kier molecular flexibility index (Phi) is 10.5. The summed E-state index contributed by atoms with van der Waals surface area (Å²) in [4.78, 5) is 29.3. The maximum Gasteiger partial charge on any atom is 0.264 e. The first-order valence-electron chi connectivity index (χ1n) is 14.2. The zero-order valence-corrected chi connectivity index (χ0v) is 25.8. The fourth-order valence-electron chi connectivity index (χ4n) is 5.24. The summed E-state index contributed by atoms with van der Waals surface area (Å²) in [6.07, 6.45) is 4.32. The highest BCUT2D eigenvalue weighted by Crippen LogP contribution is 2.32. The number of nitrogens with one attached hydrogen (secondary N) is 1. The summed E-state index contributed by atoms with van der Waals surface area (Å²) in [5.41, 5.74) is 2.11. The normalized spacial score (nSPS) is 14.3. The van der Waals surface area contributed by atoms with Gasteiger partial charge in [-0.15, -0.1) is 0 Å². The number of halogens is 1. The van der Waals surface area contributed by atoms with Gasteiger partial charge in [0.15, 0.2) is 0 Å². The van der Waals surface area contributed by atoms with E-state index in [9.17, 15) is 18.0 Å². The van der Waals surface area contributed by atoms with Gasteiger partial charge in [0.1, 0.15) is 18.3 Å². The van der Waals surface area contributed by atoms with Crippen molar-refractivity contribution in [3.8, 4) is 5.75 Å². The molecule has 3 aromatic carbocycles. The molecule has 2 amide bonds. The largest absolute Gasteiger partial charge is 0.495 e. The zero-order valence-electron chi connectivity index (χ0n) is 24.3. The molecule has 1 aliphatic carbocycles. The summed E-state index contributed by atoms with van der Waals surface area (Å²) in [5, 5.41) is 3.33. The number of anilines is 1. The van der Waals surface area contributed by atoms with E-state index in [1.54, 1.807) is 30.3 Å². The molecule has 42 heavy (non-hydrogen) atoms. The van der Waals surface area contributed by atoms with Gasteiger partial charge in [0.25, 0.3) is 10.0 Å². The van der Waals surface area contributed by atoms with Crippen molar-refractivity contribution in [2.24, 2.45) is 0 Å². The summed E-state index contributed by atoms with van der Waals surface area (Å²) in [7, 11) is -2.72. The van der Waals surface area contributed by atoms with Crippen LogP contribution in [0.3, 0.4) is 0 Å². The van der Waals surface area contributed by atoms with Gasteiger partial charge in [-0.1, -0.05) is 79.4 Å². The number of nitrogens with zero attached hydrogens (tertiary/aromatic N) is 2. The van der Waals surface area contributed by atoms with Crippen LogP contribution in [0.25, 0.3) is 0 Å². The Hall–Kier alpha value is -3.56. The van der Waals surface area contributed by atoms with E-state index in [0.29, 0.717) is 12.2 Å². The smallest absolute Gasteiger partial charge is 0.264 e. The molecule has 1 fully saturated rings. The number of methoxy groups -OCH3 is 1. The molecule has 0 aliphatic heterocycles. The second-order valence-electron chi connectivity index (χ2n) is 10.6. The van der Waals surface area contributed by atoms with Crippen molar-refractivity contribution in [1.82, 2.24) is 10.2 Å². The first-order chi connectivity index (χ1) is 20.1. The number of carbonyl (C=O) groups excluding carboxylic acids is 2. The van der Waals surface area contributed by atoms with E-state index in [1.807, 2.05) is 38.1 Å². The standard InChI is InChI=1S/C32H38ClN3O5S/c1-4-29(32(38)34-25-10-8-9-11-25)35(21-24-16-14-23(2)15-17-24)31(37)22-36(26-18-19-30(41-3)28(33)20-26)42(39,40)27-12-6-5-7-13-27/h5-7,12-20,25,29H,4,8-11,21-22H2,1-3H3,(H,34,38). The monoisotopic (exact) mass is 611 g/mol. The van der Waals surface area contributed by atoms with Crippen LogP contribution in [-0.4, -0.2) is 50.9 Å². The van der Waals surface area contributed by atoms with Crippen LogP contribution >= 0.6 is 11.6 Å². The number of carbonyl (C=O) groups is 2. The fourth-order valence-corrected chi connectivity index (χ4v) is 6.92. The summed E-state index contributed by atoms with van der Waals surface area (Å²) < 4.78 is 34.2. The van der Waals surface area contributed by atoms with Crippen molar-refractivity contribution < 1.29 is 22.7 Å². The first-order valence-corrected chi connectivity index (χ1v) is 16.0. The second-order valence-corrected chi connectivity index (χ2v) is 12.8. The summed E-state index contributed by atoms with van der Waals surface area (Å²) in [6, 6.07) is 19.5. The average Bonchev–Trinajstić information content (AvgIpc) is 3.50. The minimum atomic E-state index is -4.18. The van der Waals surface area contributed by atoms with Crippen LogP contribution in [0.15, 0.2) is 77.7 Å². The van der Waals surface area contributed by atoms with E-state index in [0.717, 1.165) is 41.1 Å². The lowest BCUT2D eigenvalue weighted by Crippen LogP contribution is -2.53. The predicted molar refractivity (Wildman–Crippen MR) is 165 cm³/mol. The molecule has 0 saturated heterocycles. The molecule has 4 rings (SSSR count). The van der Waals surface area contributed by atoms with Gasteiger partial charge in [-0.3, -0.25) is 13.9 Å². The van der Waals surface area contributed by atoms with Crippen LogP contribution in [0.1, 0.15) is 50.2 Å². The quantitative estimate of drug-likeness (QED) is 0.283. The van der Waals surface area contributed by atoms with Gasteiger partial charge in [-0.2, -0.15) is 0 Å². The summed E-state index contributed by atoms with van der Waals surface area (Å²) in [6.45, 7) is 3.45. The average molecular weight is 612 g/mol. The maximum atomic E-state index is 14.2. The van der Waals surface area contributed by atoms with Crippen LogP contribution in [0.2, 0.25) is 5.02 Å². The third-order valence-corrected chi connectivity index (χ3v) is 9.68. The van der Waals surface area contributed by atoms with Gasteiger partial charge in [-0.25, -0.2) is 8.42 Å². The minimum absolute atomic E-state index is 0.0286. The molecule has 3 aromatic rings. The lowest BCUT2D eigenvalue weighted by Gasteiger charge is -2.34. The number of aryl methyl sites for hydroxylation is 1. The lowest BCUT2D eigenvalue weighted by molar-refractivity contribution is -0.140. The molecule has 1 N–H and O–H groups in total. The van der Waals surface area contributed by atoms with Crippen molar-refractivity contribution in [2.45, 2.75) is 69.5 Å². The number of amides is 2. The Morgan fingerprint density at radius 3 is 2.29 bits per heavy atom. The molecule has 8 nitrogen and oxygen atoms in total. The van der Waals surface area contributed by atoms with E-state index in [-0.39, 0.29) is 34.1 Å². The number of rotatable bonds is 12. The Bertz CT molecular complexity index is 1480. The van der Waals surface area contributed by atoms with Gasteiger partial charge in [-0.05, 0) is 62.1 Å². The highest BCUT2D eigenvalue weighted by Gasteiger charge is 2.34. The SMILES string of the molecule is CCC(C(=O)NC1CCCC1)N(Cc1ccc(C)cc1)C(=O)CN(c1ccc(OC)c(Cl)c1)S(=O)(=O)c1ccccc1. The molecule has 10 heteroatoms. The third-order valence-electron chi connectivity index (χ3n) is 7.59. The van der Waals surface area contributed by atoms with Crippen LogP contribution < -0.4 is 14.4 Å². The van der Waals surface area contributed by atoms with Crippen LogP contribution in [0.4, 0.5) is 5.69 Å². The molecule has 1 atom stereocenters. The topological polar surface area (TPSA) is 96.0 Å². The molecular weight excluding hydrogens is 574 g/mol. The highest BCUT2D eigenvalue weighted by atomic mass is 35.5. The molecule has 0 bridgehead atoms. The molecule has 1 aliphatic rings. The van der Waals surface area contributed by atoms with Crippen LogP contribution in [0, 0.1) is 6.92 Å². The minimum Gasteiger partial charge on any atom is -0.495 e. The third kappa shape index (κ3) is 7.44. The van der Waals surface area contributed by atoms with E-state index in [4.69, 9.17) is 16.3 Å². The number of sulfonamides is 1. The highest BCUT2D eigenvalue weighted by molar-refractivity contribution is 7.92. The van der Waals surface area contributed by atoms with Gasteiger partial charge in [0.2, 0.25) is 11.8 Å². The Morgan fingerprint density at radius 2 is 1.69 bits per heavy atom. The number of hydrogen-bond acceptors (Lipinski definition) is 5. The van der Waals surface area contributed by atoms with E-state index < -0.39 is 28.5 Å². The zero-order chi connectivity index (χ0) is 30.3. The van der Waals surface area contributed by atoms with Gasteiger partial charge in [0.05, 0.1) is 22.7 Å². The number of ether oxygens (including phenoxy) is 1. The predicted octanol–water partition coefficient (Wildman–Crippen LogP) is 5.72. The molecule has 0 radical (unpaired) electrons. The van der Waals surface area contributed by atoms with E-state index in [1.165, 1.54) is 30.2 Å². The van der Waals surface area contributed by atoms with Crippen LogP contribution in [0.5, 0.6) is 5.75 Å². The van der Waals surface area contributed by atoms with Crippen LogP contribution in [-0.2, 0) is 26.2 Å². The van der Waals surface area contributed by atoms with Gasteiger partial charge < -0.3 is 15.0 Å². The van der Waals surface area contributed by atoms with Crippen molar-refractivity contribution in [2.75, 3.05) is 18.0 Å². The maximum absolute atomic E-state index is 14.2. The molecule has 224 valence electrons. The van der Waals surface area contributed by atoms with E-state index in [2.05, 4.69) is 5.32 Å². The first kappa shape index (κ1) is 31.4. The lowest BCUT2D eigenvalue weighted by atomic mass is 10.1. The molecule has 0 aromatic heterocycles. The Labute approximate surface area is 253 Å². The van der Waals surface area contributed by atoms with Gasteiger partial charge in [0, 0.05) is 12.6 Å².